The molecule has 1 aliphatic rings. The average Bonchev–Trinajstić information content (AvgIpc) is 3.58. The van der Waals surface area contributed by atoms with Crippen molar-refractivity contribution >= 4 is 18.0 Å². The number of carbonyl (C=O) groups excluding carboxylic acids is 3. The summed E-state index contributed by atoms with van der Waals surface area (Å²) in [7, 11) is 0. The minimum atomic E-state index is -1.49. The number of aromatic nitrogens is 2. The molecule has 1 aliphatic carbocycles. The van der Waals surface area contributed by atoms with Gasteiger partial charge in [0.25, 0.3) is 0 Å². The molecule has 0 radical (unpaired) electrons. The maximum absolute atomic E-state index is 12.9. The van der Waals surface area contributed by atoms with Crippen LogP contribution in [0.1, 0.15) is 29.9 Å². The summed E-state index contributed by atoms with van der Waals surface area (Å²) in [5.41, 5.74) is 4.02. The number of hydrogen-bond donors (Lipinski definition) is 5. The molecule has 0 saturated carbocycles. The molecule has 0 bridgehead atoms. The number of carbonyl (C=O) groups is 3. The van der Waals surface area contributed by atoms with Crippen LogP contribution in [0.5, 0.6) is 23.5 Å². The Balaban J connectivity index is 1.26. The second-order valence-corrected chi connectivity index (χ2v) is 9.12. The fourth-order valence-corrected chi connectivity index (χ4v) is 4.59. The van der Waals surface area contributed by atoms with E-state index in [1.807, 2.05) is 48.5 Å². The first-order valence-corrected chi connectivity index (χ1v) is 12.5. The van der Waals surface area contributed by atoms with Crippen LogP contribution in [-0.4, -0.2) is 60.6 Å². The predicted molar refractivity (Wildman–Crippen MR) is 140 cm³/mol. The van der Waals surface area contributed by atoms with Gasteiger partial charge in [-0.2, -0.15) is 0 Å². The zero-order valence-corrected chi connectivity index (χ0v) is 21.3. The van der Waals surface area contributed by atoms with Gasteiger partial charge in [-0.15, -0.1) is 9.46 Å². The summed E-state index contributed by atoms with van der Waals surface area (Å²) >= 11 is 0. The molecule has 1 unspecified atom stereocenters. The van der Waals surface area contributed by atoms with Crippen LogP contribution in [0.2, 0.25) is 0 Å². The first-order chi connectivity index (χ1) is 19.7. The van der Waals surface area contributed by atoms with E-state index < -0.39 is 54.0 Å². The van der Waals surface area contributed by atoms with Crippen LogP contribution in [0, 0.1) is 0 Å². The van der Waals surface area contributed by atoms with Gasteiger partial charge in [-0.1, -0.05) is 48.5 Å². The molecule has 13 heteroatoms. The first-order valence-electron chi connectivity index (χ1n) is 12.5. The van der Waals surface area contributed by atoms with Gasteiger partial charge in [0.15, 0.2) is 0 Å². The standard InChI is InChI=1S/C28H25N3O10/c32-22-10-11-23(33)30(22)40-26(36)14-9-21(27(37)41-31-24(34)12-13-25(31)35)29-28(38)39-15-20-18-7-3-1-5-16(18)17-6-2-4-8-19(17)20/h1-8,10-13,20-21,32-35H,9,14-15H2,(H,29,38). The number of ether oxygens (including phenoxy) is 1. The predicted octanol–water partition coefficient (Wildman–Crippen LogP) is 2.41. The number of rotatable bonds is 9. The molecule has 0 spiro atoms. The number of fused-ring (bicyclic) bond motifs is 3. The molecule has 5 N–H and O–H groups in total. The molecule has 2 heterocycles. The Morgan fingerprint density at radius 1 is 0.732 bits per heavy atom. The summed E-state index contributed by atoms with van der Waals surface area (Å²) in [4.78, 5) is 47.9. The maximum atomic E-state index is 12.9. The largest absolute Gasteiger partial charge is 0.492 e. The van der Waals surface area contributed by atoms with Gasteiger partial charge >= 0.3 is 18.0 Å². The van der Waals surface area contributed by atoms with Crippen LogP contribution in [0.4, 0.5) is 4.79 Å². The van der Waals surface area contributed by atoms with Crippen molar-refractivity contribution in [2.45, 2.75) is 24.8 Å². The third-order valence-corrected chi connectivity index (χ3v) is 6.53. The van der Waals surface area contributed by atoms with Gasteiger partial charge in [0.2, 0.25) is 23.5 Å². The van der Waals surface area contributed by atoms with Crippen molar-refractivity contribution in [1.82, 2.24) is 14.8 Å². The number of amides is 1. The number of nitrogens with one attached hydrogen (secondary N) is 1. The summed E-state index contributed by atoms with van der Waals surface area (Å²) in [6.07, 6.45) is -1.83. The number of nitrogens with zero attached hydrogens (tertiary/aromatic N) is 2. The lowest BCUT2D eigenvalue weighted by Gasteiger charge is -2.19. The fourth-order valence-electron chi connectivity index (χ4n) is 4.59. The molecule has 2 aromatic heterocycles. The molecule has 13 nitrogen and oxygen atoms in total. The quantitative estimate of drug-likeness (QED) is 0.203. The van der Waals surface area contributed by atoms with Crippen LogP contribution >= 0.6 is 0 Å². The van der Waals surface area contributed by atoms with Gasteiger partial charge in [-0.3, -0.25) is 0 Å². The monoisotopic (exact) mass is 563 g/mol. The Kier molecular flexibility index (Phi) is 7.41. The Bertz CT molecular complexity index is 1520. The van der Waals surface area contributed by atoms with E-state index >= 15 is 0 Å². The number of alkyl carbamates (subject to hydrolysis) is 1. The molecule has 212 valence electrons. The highest BCUT2D eigenvalue weighted by Crippen LogP contribution is 2.44. The summed E-state index contributed by atoms with van der Waals surface area (Å²) in [6.45, 7) is -0.0466. The van der Waals surface area contributed by atoms with Gasteiger partial charge in [0.1, 0.15) is 12.6 Å². The number of hydrogen-bond acceptors (Lipinski definition) is 10. The zero-order valence-electron chi connectivity index (χ0n) is 21.3. The normalized spacial score (nSPS) is 12.7. The lowest BCUT2D eigenvalue weighted by Crippen LogP contribution is -2.45. The van der Waals surface area contributed by atoms with Gasteiger partial charge < -0.3 is 40.2 Å². The lowest BCUT2D eigenvalue weighted by atomic mass is 9.98. The summed E-state index contributed by atoms with van der Waals surface area (Å²) in [6, 6.07) is 18.3. The lowest BCUT2D eigenvalue weighted by molar-refractivity contribution is -0.149. The van der Waals surface area contributed by atoms with E-state index in [0.29, 0.717) is 9.46 Å². The van der Waals surface area contributed by atoms with Gasteiger partial charge in [-0.05, 0) is 28.7 Å². The van der Waals surface area contributed by atoms with Gasteiger partial charge in [0.05, 0.1) is 6.42 Å². The highest BCUT2D eigenvalue weighted by molar-refractivity contribution is 5.83. The second kappa shape index (κ2) is 11.3. The van der Waals surface area contributed by atoms with E-state index in [4.69, 9.17) is 14.4 Å². The van der Waals surface area contributed by atoms with Crippen molar-refractivity contribution in [3.8, 4) is 34.6 Å². The third kappa shape index (κ3) is 5.59. The van der Waals surface area contributed by atoms with E-state index in [1.54, 1.807) is 0 Å². The smallest absolute Gasteiger partial charge is 0.407 e. The minimum absolute atomic E-state index is 0.0466. The molecule has 0 aliphatic heterocycles. The van der Waals surface area contributed by atoms with Crippen molar-refractivity contribution in [2.24, 2.45) is 0 Å². The molecule has 1 amide bonds. The van der Waals surface area contributed by atoms with Crippen LogP contribution in [0.15, 0.2) is 72.8 Å². The van der Waals surface area contributed by atoms with Crippen LogP contribution < -0.4 is 15.0 Å². The minimum Gasteiger partial charge on any atom is -0.492 e. The second-order valence-electron chi connectivity index (χ2n) is 9.12. The van der Waals surface area contributed by atoms with Crippen molar-refractivity contribution in [2.75, 3.05) is 6.61 Å². The molecule has 2 aromatic carbocycles. The SMILES string of the molecule is O=C(CCC(NC(=O)OCC1c2ccccc2-c2ccccc21)C(=O)On1c(O)ccc1O)On1c(O)ccc1O. The van der Waals surface area contributed by atoms with E-state index in [-0.39, 0.29) is 18.9 Å². The Morgan fingerprint density at radius 2 is 1.22 bits per heavy atom. The first kappa shape index (κ1) is 27.0. The van der Waals surface area contributed by atoms with E-state index in [0.717, 1.165) is 46.5 Å². The van der Waals surface area contributed by atoms with Gasteiger partial charge in [-0.25, -0.2) is 14.4 Å². The molecular formula is C28H25N3O10. The van der Waals surface area contributed by atoms with Crippen molar-refractivity contribution < 1.29 is 49.2 Å². The molecule has 0 fully saturated rings. The molecule has 0 saturated heterocycles. The number of benzene rings is 2. The van der Waals surface area contributed by atoms with Crippen LogP contribution in [-0.2, 0) is 14.3 Å². The number of aromatic hydroxyl groups is 4. The molecular weight excluding hydrogens is 538 g/mol. The van der Waals surface area contributed by atoms with E-state index in [1.165, 1.54) is 0 Å². The average molecular weight is 564 g/mol. The summed E-state index contributed by atoms with van der Waals surface area (Å²) in [5.74, 6) is -4.61. The Labute approximate surface area is 232 Å². The van der Waals surface area contributed by atoms with E-state index in [9.17, 15) is 34.8 Å². The fraction of sp³-hybridized carbons (Fsp3) is 0.179. The molecule has 1 atom stereocenters. The highest BCUT2D eigenvalue weighted by Gasteiger charge is 2.31. The Morgan fingerprint density at radius 3 is 1.76 bits per heavy atom. The van der Waals surface area contributed by atoms with Crippen LogP contribution in [0.3, 0.4) is 0 Å². The molecule has 41 heavy (non-hydrogen) atoms. The third-order valence-electron chi connectivity index (χ3n) is 6.53. The zero-order chi connectivity index (χ0) is 29.1. The van der Waals surface area contributed by atoms with Gasteiger partial charge in [0, 0.05) is 30.2 Å². The summed E-state index contributed by atoms with van der Waals surface area (Å²) < 4.78 is 6.39. The van der Waals surface area contributed by atoms with Crippen molar-refractivity contribution in [1.29, 1.82) is 0 Å². The highest BCUT2D eigenvalue weighted by atomic mass is 16.7. The molecule has 5 rings (SSSR count). The van der Waals surface area contributed by atoms with E-state index in [2.05, 4.69) is 5.32 Å². The molecule has 4 aromatic rings. The van der Waals surface area contributed by atoms with Crippen molar-refractivity contribution in [3.05, 3.63) is 83.9 Å². The topological polar surface area (TPSA) is 182 Å². The summed E-state index contributed by atoms with van der Waals surface area (Å²) in [5, 5.41) is 41.3. The Hall–Kier alpha value is -5.59. The maximum Gasteiger partial charge on any atom is 0.407 e. The van der Waals surface area contributed by atoms with Crippen molar-refractivity contribution in [3.63, 3.8) is 0 Å². The van der Waals surface area contributed by atoms with Crippen LogP contribution in [0.25, 0.3) is 11.1 Å².